The molecule has 1 aromatic heterocycles. The summed E-state index contributed by atoms with van der Waals surface area (Å²) in [5.74, 6) is 0. The third kappa shape index (κ3) is 1.83. The average molecular weight is 243 g/mol. The van der Waals surface area contributed by atoms with Gasteiger partial charge in [0.2, 0.25) is 0 Å². The van der Waals surface area contributed by atoms with Crippen LogP contribution in [0.2, 0.25) is 0 Å². The van der Waals surface area contributed by atoms with Crippen molar-refractivity contribution in [3.8, 4) is 0 Å². The number of imidazole rings is 1. The van der Waals surface area contributed by atoms with Gasteiger partial charge in [0, 0.05) is 12.2 Å². The van der Waals surface area contributed by atoms with Crippen LogP contribution in [0.3, 0.4) is 0 Å². The van der Waals surface area contributed by atoms with Crippen LogP contribution in [-0.2, 0) is 12.8 Å². The van der Waals surface area contributed by atoms with Gasteiger partial charge in [-0.1, -0.05) is 24.3 Å². The van der Waals surface area contributed by atoms with E-state index in [0.717, 1.165) is 18.5 Å². The first-order valence-corrected chi connectivity index (χ1v) is 6.24. The van der Waals surface area contributed by atoms with Gasteiger partial charge in [0.25, 0.3) is 0 Å². The predicted molar refractivity (Wildman–Crippen MR) is 69.1 cm³/mol. The van der Waals surface area contributed by atoms with E-state index in [4.69, 9.17) is 5.73 Å². The molecule has 18 heavy (non-hydrogen) atoms. The van der Waals surface area contributed by atoms with Gasteiger partial charge < -0.3 is 15.4 Å². The molecule has 2 aromatic rings. The summed E-state index contributed by atoms with van der Waals surface area (Å²) >= 11 is 0. The first-order chi connectivity index (χ1) is 8.79. The number of hydrogen-bond donors (Lipinski definition) is 2. The lowest BCUT2D eigenvalue weighted by Crippen LogP contribution is -2.21. The molecular formula is C14H17N3O. The van der Waals surface area contributed by atoms with Crippen molar-refractivity contribution in [2.75, 3.05) is 6.61 Å². The normalized spacial score (nSPS) is 16.8. The highest BCUT2D eigenvalue weighted by Crippen LogP contribution is 2.31. The summed E-state index contributed by atoms with van der Waals surface area (Å²) in [6.45, 7) is -0.0502. The maximum Gasteiger partial charge on any atom is 0.0951 e. The zero-order valence-electron chi connectivity index (χ0n) is 10.2. The summed E-state index contributed by atoms with van der Waals surface area (Å²) < 4.78 is 2.11. The van der Waals surface area contributed by atoms with Crippen molar-refractivity contribution >= 4 is 0 Å². The molecule has 0 saturated heterocycles. The Morgan fingerprint density at radius 3 is 2.61 bits per heavy atom. The van der Waals surface area contributed by atoms with E-state index in [1.165, 1.54) is 11.1 Å². The summed E-state index contributed by atoms with van der Waals surface area (Å²) in [6.07, 6.45) is 5.60. The highest BCUT2D eigenvalue weighted by Gasteiger charge is 2.25. The Hall–Kier alpha value is -1.65. The summed E-state index contributed by atoms with van der Waals surface area (Å²) in [6, 6.07) is 8.54. The van der Waals surface area contributed by atoms with E-state index in [0.29, 0.717) is 6.04 Å². The van der Waals surface area contributed by atoms with Gasteiger partial charge in [-0.15, -0.1) is 0 Å². The van der Waals surface area contributed by atoms with Crippen LogP contribution in [-0.4, -0.2) is 21.3 Å². The molecule has 4 heteroatoms. The number of rotatable bonds is 3. The van der Waals surface area contributed by atoms with Gasteiger partial charge in [-0.05, 0) is 24.0 Å². The lowest BCUT2D eigenvalue weighted by atomic mass is 10.1. The van der Waals surface area contributed by atoms with E-state index in [-0.39, 0.29) is 12.6 Å². The van der Waals surface area contributed by atoms with Crippen molar-refractivity contribution in [2.45, 2.75) is 24.9 Å². The molecule has 1 unspecified atom stereocenters. The number of benzene rings is 1. The van der Waals surface area contributed by atoms with Crippen LogP contribution in [0.1, 0.15) is 28.9 Å². The number of aliphatic hydroxyl groups excluding tert-OH is 1. The molecule has 1 heterocycles. The van der Waals surface area contributed by atoms with Crippen LogP contribution in [0.4, 0.5) is 0 Å². The van der Waals surface area contributed by atoms with Gasteiger partial charge in [0.05, 0.1) is 24.7 Å². The van der Waals surface area contributed by atoms with Gasteiger partial charge in [-0.25, -0.2) is 4.98 Å². The van der Waals surface area contributed by atoms with Gasteiger partial charge >= 0.3 is 0 Å². The molecule has 0 spiro atoms. The molecule has 0 radical (unpaired) electrons. The Morgan fingerprint density at radius 2 is 2.00 bits per heavy atom. The lowest BCUT2D eigenvalue weighted by molar-refractivity contribution is 0.261. The monoisotopic (exact) mass is 243 g/mol. The molecule has 1 aliphatic rings. The summed E-state index contributed by atoms with van der Waals surface area (Å²) in [4.78, 5) is 4.17. The molecule has 1 atom stereocenters. The summed E-state index contributed by atoms with van der Waals surface area (Å²) in [5.41, 5.74) is 9.62. The van der Waals surface area contributed by atoms with Crippen molar-refractivity contribution in [1.82, 2.24) is 9.55 Å². The van der Waals surface area contributed by atoms with Crippen LogP contribution < -0.4 is 5.73 Å². The van der Waals surface area contributed by atoms with Crippen molar-refractivity contribution < 1.29 is 5.11 Å². The van der Waals surface area contributed by atoms with Gasteiger partial charge in [0.1, 0.15) is 0 Å². The van der Waals surface area contributed by atoms with Crippen molar-refractivity contribution in [1.29, 1.82) is 0 Å². The topological polar surface area (TPSA) is 64.1 Å². The number of nitrogens with zero attached hydrogens (tertiary/aromatic N) is 2. The minimum atomic E-state index is -0.351. The number of hydrogen-bond acceptors (Lipinski definition) is 3. The predicted octanol–water partition coefficient (Wildman–Crippen LogP) is 1.22. The van der Waals surface area contributed by atoms with E-state index >= 15 is 0 Å². The Balaban J connectivity index is 1.89. The van der Waals surface area contributed by atoms with Gasteiger partial charge in [-0.3, -0.25) is 0 Å². The van der Waals surface area contributed by atoms with Crippen LogP contribution in [0, 0.1) is 0 Å². The van der Waals surface area contributed by atoms with Gasteiger partial charge in [-0.2, -0.15) is 0 Å². The minimum Gasteiger partial charge on any atom is -0.394 e. The number of nitrogens with two attached hydrogens (primary N) is 1. The van der Waals surface area contributed by atoms with Crippen LogP contribution in [0.15, 0.2) is 36.8 Å². The fourth-order valence-electron chi connectivity index (χ4n) is 2.73. The highest BCUT2D eigenvalue weighted by molar-refractivity contribution is 5.33. The second kappa shape index (κ2) is 4.55. The first-order valence-electron chi connectivity index (χ1n) is 6.24. The Morgan fingerprint density at radius 1 is 1.33 bits per heavy atom. The molecule has 0 fully saturated rings. The number of fused-ring (bicyclic) bond motifs is 1. The Kier molecular flexibility index (Phi) is 2.89. The molecule has 94 valence electrons. The fraction of sp³-hybridized carbons (Fsp3) is 0.357. The third-order valence-electron chi connectivity index (χ3n) is 3.70. The number of aliphatic hydroxyl groups is 1. The maximum atomic E-state index is 9.18. The third-order valence-corrected chi connectivity index (χ3v) is 3.70. The molecule has 3 rings (SSSR count). The van der Waals surface area contributed by atoms with Crippen molar-refractivity contribution in [3.05, 3.63) is 53.6 Å². The largest absolute Gasteiger partial charge is 0.394 e. The molecule has 0 saturated carbocycles. The molecule has 0 aliphatic heterocycles. The van der Waals surface area contributed by atoms with E-state index in [1.54, 1.807) is 6.20 Å². The highest BCUT2D eigenvalue weighted by atomic mass is 16.3. The van der Waals surface area contributed by atoms with Crippen LogP contribution >= 0.6 is 0 Å². The average Bonchev–Trinajstić information content (AvgIpc) is 3.03. The molecule has 0 bridgehead atoms. The van der Waals surface area contributed by atoms with Crippen molar-refractivity contribution in [3.63, 3.8) is 0 Å². The zero-order valence-corrected chi connectivity index (χ0v) is 10.2. The standard InChI is InChI=1S/C14H17N3O/c15-13(8-18)14-7-16-9-17(14)12-5-10-3-1-2-4-11(10)6-12/h1-4,7,9,12-13,18H,5-6,8,15H2. The van der Waals surface area contributed by atoms with E-state index in [2.05, 4.69) is 33.8 Å². The lowest BCUT2D eigenvalue weighted by Gasteiger charge is -2.18. The summed E-state index contributed by atoms with van der Waals surface area (Å²) in [7, 11) is 0. The molecule has 1 aliphatic carbocycles. The van der Waals surface area contributed by atoms with E-state index < -0.39 is 0 Å². The number of aromatic nitrogens is 2. The van der Waals surface area contributed by atoms with Gasteiger partial charge in [0.15, 0.2) is 0 Å². The van der Waals surface area contributed by atoms with E-state index in [1.807, 2.05) is 6.33 Å². The molecule has 4 nitrogen and oxygen atoms in total. The van der Waals surface area contributed by atoms with E-state index in [9.17, 15) is 5.11 Å². The molecule has 1 aromatic carbocycles. The SMILES string of the molecule is NC(CO)c1cncn1C1Cc2ccccc2C1. The Labute approximate surface area is 106 Å². The van der Waals surface area contributed by atoms with Crippen LogP contribution in [0.25, 0.3) is 0 Å². The Bertz CT molecular complexity index is 524. The molecular weight excluding hydrogens is 226 g/mol. The summed E-state index contributed by atoms with van der Waals surface area (Å²) in [5, 5.41) is 9.18. The first kappa shape index (κ1) is 11.4. The fourth-order valence-corrected chi connectivity index (χ4v) is 2.73. The van der Waals surface area contributed by atoms with Crippen LogP contribution in [0.5, 0.6) is 0 Å². The molecule has 3 N–H and O–H groups in total. The minimum absolute atomic E-state index is 0.0502. The second-order valence-electron chi connectivity index (χ2n) is 4.85. The smallest absolute Gasteiger partial charge is 0.0951 e. The maximum absolute atomic E-state index is 9.18. The zero-order chi connectivity index (χ0) is 12.5. The second-order valence-corrected chi connectivity index (χ2v) is 4.85. The van der Waals surface area contributed by atoms with Crippen molar-refractivity contribution in [2.24, 2.45) is 5.73 Å². The quantitative estimate of drug-likeness (QED) is 0.851. The molecule has 0 amide bonds.